The molecule has 1 amide bonds. The summed E-state index contributed by atoms with van der Waals surface area (Å²) < 4.78 is 5.76. The van der Waals surface area contributed by atoms with Crippen molar-refractivity contribution in [3.8, 4) is 5.75 Å². The van der Waals surface area contributed by atoms with Crippen molar-refractivity contribution in [1.82, 2.24) is 15.3 Å². The number of hydroxylamine groups is 2. The lowest BCUT2D eigenvalue weighted by Crippen LogP contribution is -2.57. The van der Waals surface area contributed by atoms with Crippen LogP contribution in [0.15, 0.2) is 12.1 Å². The minimum absolute atomic E-state index is 0.166. The van der Waals surface area contributed by atoms with Crippen LogP contribution in [0.5, 0.6) is 5.75 Å². The molecule has 5 rings (SSSR count). The van der Waals surface area contributed by atoms with Gasteiger partial charge in [0.15, 0.2) is 0 Å². The largest absolute Gasteiger partial charge is 0.782 e. The van der Waals surface area contributed by atoms with Crippen LogP contribution in [0.1, 0.15) is 48.7 Å². The smallest absolute Gasteiger partial charge is 0.255 e. The second-order valence-corrected chi connectivity index (χ2v) is 7.78. The molecule has 1 N–H and O–H groups in total. The number of hydrogen-bond donors (Lipinski definition) is 1. The lowest BCUT2D eigenvalue weighted by molar-refractivity contribution is 0.0262. The first-order chi connectivity index (χ1) is 11.9. The number of fused-ring (bicyclic) bond motifs is 4. The average Bonchev–Trinajstić information content (AvgIpc) is 2.61. The zero-order chi connectivity index (χ0) is 17.7. The van der Waals surface area contributed by atoms with Crippen molar-refractivity contribution in [3.05, 3.63) is 33.5 Å². The summed E-state index contributed by atoms with van der Waals surface area (Å²) in [5, 5.41) is 16.6. The number of carbonyl (C=O) groups excluding carboxylic acids is 1. The van der Waals surface area contributed by atoms with Crippen molar-refractivity contribution < 1.29 is 9.53 Å². The molecule has 4 aliphatic rings. The van der Waals surface area contributed by atoms with Crippen molar-refractivity contribution in [2.24, 2.45) is 5.92 Å². The van der Waals surface area contributed by atoms with E-state index in [-0.39, 0.29) is 11.9 Å². The van der Waals surface area contributed by atoms with Crippen LogP contribution in [-0.4, -0.2) is 47.8 Å². The van der Waals surface area contributed by atoms with Crippen molar-refractivity contribution in [2.45, 2.75) is 45.0 Å². The molecular formula is C18H23ClN3O3-. The summed E-state index contributed by atoms with van der Waals surface area (Å²) in [6, 6.07) is 3.11. The number of benzene rings is 1. The Balaban J connectivity index is 1.62. The molecule has 4 heterocycles. The van der Waals surface area contributed by atoms with E-state index < -0.39 is 12.3 Å². The van der Waals surface area contributed by atoms with Crippen LogP contribution >= 0.6 is 11.6 Å². The van der Waals surface area contributed by atoms with Crippen LogP contribution < -0.4 is 10.1 Å². The summed E-state index contributed by atoms with van der Waals surface area (Å²) in [4.78, 5) is 15.3. The van der Waals surface area contributed by atoms with E-state index in [9.17, 15) is 10.0 Å². The van der Waals surface area contributed by atoms with Gasteiger partial charge < -0.3 is 25.2 Å². The van der Waals surface area contributed by atoms with E-state index in [0.29, 0.717) is 27.8 Å². The molecule has 4 aliphatic heterocycles. The fraction of sp³-hybridized carbons (Fsp3) is 0.611. The highest BCUT2D eigenvalue weighted by Gasteiger charge is 2.36. The number of ether oxygens (including phenoxy) is 1. The minimum atomic E-state index is -0.632. The van der Waals surface area contributed by atoms with E-state index in [1.165, 1.54) is 0 Å². The van der Waals surface area contributed by atoms with E-state index >= 15 is 0 Å². The standard InChI is InChI=1S/C18H23ClN3O3/c1-10-14-7-13(19)8-15(17(14)25-11(2)22(10)24)18(23)20-16-9-21-5-3-12(16)4-6-21/h7-8,10-12,16H,3-6,9H2,1-2H3,(H,20,23)/q-1. The molecule has 1 aromatic rings. The van der Waals surface area contributed by atoms with Gasteiger partial charge in [0.2, 0.25) is 0 Å². The molecule has 3 atom stereocenters. The number of piperidine rings is 3. The Morgan fingerprint density at radius 2 is 2.04 bits per heavy atom. The third kappa shape index (κ3) is 3.01. The molecule has 3 unspecified atom stereocenters. The number of halogens is 1. The van der Waals surface area contributed by atoms with Gasteiger partial charge >= 0.3 is 0 Å². The van der Waals surface area contributed by atoms with Gasteiger partial charge in [-0.1, -0.05) is 11.6 Å². The van der Waals surface area contributed by atoms with Crippen molar-refractivity contribution in [3.63, 3.8) is 0 Å². The van der Waals surface area contributed by atoms with Crippen molar-refractivity contribution in [1.29, 1.82) is 0 Å². The number of carbonyl (C=O) groups is 1. The Morgan fingerprint density at radius 3 is 2.68 bits per heavy atom. The number of hydrogen-bond acceptors (Lipinski definition) is 5. The van der Waals surface area contributed by atoms with Gasteiger partial charge in [-0.15, -0.1) is 0 Å². The molecule has 1 aromatic carbocycles. The Bertz CT molecular complexity index is 690. The fourth-order valence-corrected chi connectivity index (χ4v) is 4.50. The number of rotatable bonds is 2. The molecule has 3 fully saturated rings. The average molecular weight is 365 g/mol. The van der Waals surface area contributed by atoms with Crippen LogP contribution in [0.3, 0.4) is 0 Å². The molecule has 0 aromatic heterocycles. The summed E-state index contributed by atoms with van der Waals surface area (Å²) in [6.07, 6.45) is 1.63. The maximum absolute atomic E-state index is 12.9. The molecule has 0 saturated carbocycles. The molecule has 25 heavy (non-hydrogen) atoms. The highest BCUT2D eigenvalue weighted by Crippen LogP contribution is 2.40. The van der Waals surface area contributed by atoms with Gasteiger partial charge in [0.05, 0.1) is 5.56 Å². The molecule has 136 valence electrons. The van der Waals surface area contributed by atoms with Crippen LogP contribution in [0.25, 0.3) is 0 Å². The highest BCUT2D eigenvalue weighted by molar-refractivity contribution is 6.31. The first kappa shape index (κ1) is 17.1. The first-order valence-corrected chi connectivity index (χ1v) is 9.30. The van der Waals surface area contributed by atoms with Gasteiger partial charge in [0.1, 0.15) is 12.0 Å². The number of amides is 1. The van der Waals surface area contributed by atoms with Gasteiger partial charge in [-0.05, 0) is 57.8 Å². The molecule has 7 heteroatoms. The predicted molar refractivity (Wildman–Crippen MR) is 95.6 cm³/mol. The monoisotopic (exact) mass is 364 g/mol. The quantitative estimate of drug-likeness (QED) is 0.874. The molecule has 3 saturated heterocycles. The second kappa shape index (κ2) is 6.43. The van der Waals surface area contributed by atoms with Crippen molar-refractivity contribution >= 4 is 17.5 Å². The highest BCUT2D eigenvalue weighted by atomic mass is 35.5. The molecule has 0 aliphatic carbocycles. The maximum atomic E-state index is 12.9. The van der Waals surface area contributed by atoms with Gasteiger partial charge in [-0.3, -0.25) is 4.79 Å². The van der Waals surface area contributed by atoms with Crippen LogP contribution in [-0.2, 0) is 0 Å². The Kier molecular flexibility index (Phi) is 4.40. The fourth-order valence-electron chi connectivity index (χ4n) is 4.27. The minimum Gasteiger partial charge on any atom is -0.782 e. The van der Waals surface area contributed by atoms with Crippen LogP contribution in [0.4, 0.5) is 0 Å². The molecular weight excluding hydrogens is 342 g/mol. The third-order valence-electron chi connectivity index (χ3n) is 5.78. The van der Waals surface area contributed by atoms with E-state index in [2.05, 4.69) is 10.2 Å². The Labute approximate surface area is 152 Å². The van der Waals surface area contributed by atoms with Gasteiger partial charge in [0.25, 0.3) is 5.91 Å². The maximum Gasteiger partial charge on any atom is 0.255 e. The lowest BCUT2D eigenvalue weighted by Gasteiger charge is -2.46. The topological polar surface area (TPSA) is 67.9 Å². The summed E-state index contributed by atoms with van der Waals surface area (Å²) in [5.41, 5.74) is 1.09. The number of nitrogens with zero attached hydrogens (tertiary/aromatic N) is 2. The van der Waals surface area contributed by atoms with E-state index in [4.69, 9.17) is 16.3 Å². The normalized spacial score (nSPS) is 34.3. The van der Waals surface area contributed by atoms with Gasteiger partial charge in [0, 0.05) is 29.2 Å². The molecule has 0 spiro atoms. The van der Waals surface area contributed by atoms with Crippen LogP contribution in [0, 0.1) is 11.1 Å². The first-order valence-electron chi connectivity index (χ1n) is 8.93. The third-order valence-corrected chi connectivity index (χ3v) is 6.00. The summed E-state index contributed by atoms with van der Waals surface area (Å²) in [7, 11) is 0. The van der Waals surface area contributed by atoms with E-state index in [1.54, 1.807) is 26.0 Å². The predicted octanol–water partition coefficient (Wildman–Crippen LogP) is 2.76. The molecule has 0 radical (unpaired) electrons. The Morgan fingerprint density at radius 1 is 1.32 bits per heavy atom. The van der Waals surface area contributed by atoms with Gasteiger partial charge in [-0.2, -0.15) is 0 Å². The summed E-state index contributed by atoms with van der Waals surface area (Å²) in [6.45, 7) is 6.65. The zero-order valence-electron chi connectivity index (χ0n) is 14.5. The second-order valence-electron chi connectivity index (χ2n) is 7.34. The van der Waals surface area contributed by atoms with E-state index in [1.807, 2.05) is 0 Å². The molecule has 2 bridgehead atoms. The lowest BCUT2D eigenvalue weighted by atomic mass is 9.84. The number of nitrogens with one attached hydrogen (secondary N) is 1. The van der Waals surface area contributed by atoms with Gasteiger partial charge in [-0.25, -0.2) is 0 Å². The Hall–Kier alpha value is -1.34. The van der Waals surface area contributed by atoms with Crippen LogP contribution in [0.2, 0.25) is 5.02 Å². The zero-order valence-corrected chi connectivity index (χ0v) is 15.3. The summed E-state index contributed by atoms with van der Waals surface area (Å²) in [5.74, 6) is 0.853. The van der Waals surface area contributed by atoms with Crippen molar-refractivity contribution in [2.75, 3.05) is 19.6 Å². The molecule has 6 nitrogen and oxygen atoms in total. The summed E-state index contributed by atoms with van der Waals surface area (Å²) >= 11 is 6.22. The van der Waals surface area contributed by atoms with E-state index in [0.717, 1.165) is 37.5 Å². The SMILES string of the molecule is CC1Oc2c(C(=O)NC3CN4CCC3CC4)cc(Cl)cc2C(C)N1[O-].